The normalized spacial score (nSPS) is 11.3. The first-order valence-electron chi connectivity index (χ1n) is 3.20. The Labute approximate surface area is 59.6 Å². The topological polar surface area (TPSA) is 26.3 Å². The van der Waals surface area contributed by atoms with Crippen molar-refractivity contribution in [2.24, 2.45) is 0 Å². The molecular weight excluding hydrogens is 135 g/mol. The highest BCUT2D eigenvalue weighted by Crippen LogP contribution is 2.02. The molecule has 0 aromatic carbocycles. The van der Waals surface area contributed by atoms with Gasteiger partial charge in [0.2, 0.25) is 0 Å². The molecule has 0 spiro atoms. The summed E-state index contributed by atoms with van der Waals surface area (Å²) in [6.07, 6.45) is 2.90. The quantitative estimate of drug-likeness (QED) is 0.570. The molecule has 0 aliphatic rings. The minimum atomic E-state index is -0.925. The largest absolute Gasteiger partial charge is 0.372 e. The summed E-state index contributed by atoms with van der Waals surface area (Å²) >= 11 is 0. The first kappa shape index (κ1) is 9.14. The van der Waals surface area contributed by atoms with E-state index in [1.807, 2.05) is 6.92 Å². The van der Waals surface area contributed by atoms with E-state index in [2.05, 4.69) is 4.94 Å². The van der Waals surface area contributed by atoms with Crippen molar-refractivity contribution < 1.29 is 14.3 Å². The average Bonchev–Trinajstić information content (AvgIpc) is 1.88. The van der Waals surface area contributed by atoms with E-state index in [0.717, 1.165) is 24.5 Å². The Morgan fingerprint density at radius 3 is 2.70 bits per heavy atom. The van der Waals surface area contributed by atoms with Crippen LogP contribution in [-0.4, -0.2) is 5.97 Å². The zero-order valence-electron chi connectivity index (χ0n) is 6.19. The fourth-order valence-electron chi connectivity index (χ4n) is 0.690. The highest BCUT2D eigenvalue weighted by Gasteiger charge is 1.97. The predicted octanol–water partition coefficient (Wildman–Crippen LogP) is 2.16. The van der Waals surface area contributed by atoms with Crippen LogP contribution in [0.25, 0.3) is 0 Å². The third-order valence-electron chi connectivity index (χ3n) is 1.08. The van der Waals surface area contributed by atoms with E-state index in [0.29, 0.717) is 0 Å². The molecule has 0 fully saturated rings. The van der Waals surface area contributed by atoms with Crippen LogP contribution in [0.5, 0.6) is 0 Å². The smallest absolute Gasteiger partial charge is 0.250 e. The van der Waals surface area contributed by atoms with Crippen LogP contribution < -0.4 is 0 Å². The number of halogens is 1. The molecule has 0 heterocycles. The van der Waals surface area contributed by atoms with Gasteiger partial charge in [0.1, 0.15) is 0 Å². The molecule has 0 aromatic heterocycles. The summed E-state index contributed by atoms with van der Waals surface area (Å²) in [6, 6.07) is 0. The summed E-state index contributed by atoms with van der Waals surface area (Å²) in [5, 5.41) is 0. The van der Waals surface area contributed by atoms with Gasteiger partial charge in [0, 0.05) is 10.6 Å². The number of carbonyl (C=O) groups is 1. The van der Waals surface area contributed by atoms with Gasteiger partial charge in [-0.05, 0) is 13.3 Å². The van der Waals surface area contributed by atoms with E-state index in [9.17, 15) is 9.32 Å². The molecule has 0 unspecified atom stereocenters. The van der Waals surface area contributed by atoms with E-state index in [1.54, 1.807) is 6.92 Å². The third kappa shape index (κ3) is 4.06. The molecule has 58 valence electrons. The standard InChI is InChI=1S/C7H11FO2/c1-3-4-6(2)5-7(9)10-8/h5H,3-4H2,1-2H3. The molecule has 10 heavy (non-hydrogen) atoms. The zero-order valence-corrected chi connectivity index (χ0v) is 6.19. The second kappa shape index (κ2) is 4.97. The van der Waals surface area contributed by atoms with Gasteiger partial charge < -0.3 is 0 Å². The molecule has 0 amide bonds. The van der Waals surface area contributed by atoms with Gasteiger partial charge in [-0.2, -0.15) is 0 Å². The molecule has 0 aliphatic heterocycles. The van der Waals surface area contributed by atoms with Gasteiger partial charge >= 0.3 is 5.97 Å². The van der Waals surface area contributed by atoms with E-state index < -0.39 is 5.97 Å². The van der Waals surface area contributed by atoms with Gasteiger partial charge in [0.15, 0.2) is 0 Å². The minimum Gasteiger partial charge on any atom is -0.250 e. The Morgan fingerprint density at radius 1 is 1.70 bits per heavy atom. The van der Waals surface area contributed by atoms with Crippen molar-refractivity contribution in [2.75, 3.05) is 0 Å². The fraction of sp³-hybridized carbons (Fsp3) is 0.571. The average molecular weight is 146 g/mol. The van der Waals surface area contributed by atoms with Gasteiger partial charge in [-0.3, -0.25) is 4.94 Å². The van der Waals surface area contributed by atoms with Gasteiger partial charge in [0.25, 0.3) is 0 Å². The zero-order chi connectivity index (χ0) is 7.98. The SMILES string of the molecule is CCCC(C)=CC(=O)OF. The molecule has 0 atom stereocenters. The highest BCUT2D eigenvalue weighted by molar-refractivity contribution is 5.82. The first-order valence-corrected chi connectivity index (χ1v) is 3.20. The summed E-state index contributed by atoms with van der Waals surface area (Å²) in [4.78, 5) is 13.2. The maximum atomic E-state index is 11.1. The lowest BCUT2D eigenvalue weighted by Gasteiger charge is -1.93. The van der Waals surface area contributed by atoms with Crippen molar-refractivity contribution in [3.05, 3.63) is 11.6 Å². The maximum absolute atomic E-state index is 11.1. The van der Waals surface area contributed by atoms with Crippen LogP contribution in [0.15, 0.2) is 11.6 Å². The Morgan fingerprint density at radius 2 is 2.30 bits per heavy atom. The molecule has 0 aromatic rings. The molecule has 0 saturated carbocycles. The lowest BCUT2D eigenvalue weighted by molar-refractivity contribution is -0.176. The van der Waals surface area contributed by atoms with Gasteiger partial charge in [-0.15, -0.1) is 0 Å². The highest BCUT2D eigenvalue weighted by atomic mass is 19.3. The van der Waals surface area contributed by atoms with E-state index in [1.165, 1.54) is 0 Å². The van der Waals surface area contributed by atoms with Gasteiger partial charge in [-0.25, -0.2) is 4.79 Å². The van der Waals surface area contributed by atoms with Crippen molar-refractivity contribution in [1.82, 2.24) is 0 Å². The maximum Gasteiger partial charge on any atom is 0.372 e. The van der Waals surface area contributed by atoms with Crippen LogP contribution in [0.1, 0.15) is 26.7 Å². The van der Waals surface area contributed by atoms with Crippen LogP contribution >= 0.6 is 0 Å². The molecule has 2 nitrogen and oxygen atoms in total. The monoisotopic (exact) mass is 146 g/mol. The summed E-state index contributed by atoms with van der Waals surface area (Å²) < 4.78 is 11.1. The number of rotatable bonds is 3. The molecule has 0 radical (unpaired) electrons. The van der Waals surface area contributed by atoms with Crippen molar-refractivity contribution in [3.8, 4) is 0 Å². The van der Waals surface area contributed by atoms with E-state index in [-0.39, 0.29) is 0 Å². The Hall–Kier alpha value is -0.860. The van der Waals surface area contributed by atoms with Crippen LogP contribution in [0.3, 0.4) is 0 Å². The summed E-state index contributed by atoms with van der Waals surface area (Å²) in [5.41, 5.74) is 0.838. The summed E-state index contributed by atoms with van der Waals surface area (Å²) in [6.45, 7) is 3.75. The van der Waals surface area contributed by atoms with Gasteiger partial charge in [0.05, 0.1) is 0 Å². The van der Waals surface area contributed by atoms with Gasteiger partial charge in [-0.1, -0.05) is 18.9 Å². The minimum absolute atomic E-state index is 0.801. The number of carbonyl (C=O) groups excluding carboxylic acids is 1. The lowest BCUT2D eigenvalue weighted by atomic mass is 10.2. The number of hydrogen-bond donors (Lipinski definition) is 0. The molecule has 3 heteroatoms. The second-order valence-corrected chi connectivity index (χ2v) is 2.14. The third-order valence-corrected chi connectivity index (χ3v) is 1.08. The molecular formula is C7H11FO2. The van der Waals surface area contributed by atoms with Crippen LogP contribution in [0.2, 0.25) is 0 Å². The van der Waals surface area contributed by atoms with Crippen LogP contribution in [0, 0.1) is 0 Å². The molecule has 0 aliphatic carbocycles. The van der Waals surface area contributed by atoms with Crippen molar-refractivity contribution in [3.63, 3.8) is 0 Å². The lowest BCUT2D eigenvalue weighted by Crippen LogP contribution is -1.92. The van der Waals surface area contributed by atoms with Crippen LogP contribution in [-0.2, 0) is 9.74 Å². The summed E-state index contributed by atoms with van der Waals surface area (Å²) in [5.74, 6) is -0.925. The van der Waals surface area contributed by atoms with Crippen molar-refractivity contribution >= 4 is 5.97 Å². The fourth-order valence-corrected chi connectivity index (χ4v) is 0.690. The number of hydrogen-bond acceptors (Lipinski definition) is 2. The predicted molar refractivity (Wildman–Crippen MR) is 35.9 cm³/mol. The molecule has 0 N–H and O–H groups in total. The van der Waals surface area contributed by atoms with E-state index in [4.69, 9.17) is 0 Å². The Bertz CT molecular complexity index is 141. The van der Waals surface area contributed by atoms with E-state index >= 15 is 0 Å². The number of allylic oxidation sites excluding steroid dienone is 1. The Kier molecular flexibility index (Phi) is 4.54. The first-order chi connectivity index (χ1) is 4.70. The second-order valence-electron chi connectivity index (χ2n) is 2.14. The molecule has 0 saturated heterocycles. The van der Waals surface area contributed by atoms with Crippen molar-refractivity contribution in [1.29, 1.82) is 0 Å². The van der Waals surface area contributed by atoms with Crippen LogP contribution in [0.4, 0.5) is 4.53 Å². The summed E-state index contributed by atoms with van der Waals surface area (Å²) in [7, 11) is 0. The van der Waals surface area contributed by atoms with Crippen molar-refractivity contribution in [2.45, 2.75) is 26.7 Å². The molecule has 0 bridgehead atoms. The molecule has 0 rings (SSSR count). The Balaban J connectivity index is 3.77.